The molecule has 0 aromatic heterocycles. The van der Waals surface area contributed by atoms with Crippen LogP contribution in [-0.2, 0) is 13.6 Å². The molecule has 1 saturated heterocycles. The Bertz CT molecular complexity index is 396. The maximum atomic E-state index is 5.70. The van der Waals surface area contributed by atoms with Crippen molar-refractivity contribution in [3.63, 3.8) is 0 Å². The van der Waals surface area contributed by atoms with Crippen molar-refractivity contribution in [2.24, 2.45) is 5.92 Å². The number of anilines is 1. The first-order valence-electron chi connectivity index (χ1n) is 8.07. The van der Waals surface area contributed by atoms with Gasteiger partial charge in [-0.1, -0.05) is 38.0 Å². The lowest BCUT2D eigenvalue weighted by Crippen LogP contribution is -2.58. The monoisotopic (exact) mass is 325 g/mol. The summed E-state index contributed by atoms with van der Waals surface area (Å²) in [5.74, 6) is 0.625. The highest BCUT2D eigenvalue weighted by molar-refractivity contribution is 6.69. The van der Waals surface area contributed by atoms with Gasteiger partial charge in [-0.3, -0.25) is 0 Å². The molecule has 4 nitrogen and oxygen atoms in total. The zero-order valence-corrected chi connectivity index (χ0v) is 15.4. The molecular formula is C17H31NO3Si. The molecule has 2 N–H and O–H groups in total. The molecule has 2 atom stereocenters. The van der Waals surface area contributed by atoms with Crippen molar-refractivity contribution in [2.75, 3.05) is 27.1 Å². The van der Waals surface area contributed by atoms with Gasteiger partial charge in [0, 0.05) is 27.0 Å². The van der Waals surface area contributed by atoms with Gasteiger partial charge in [0.15, 0.2) is 0 Å². The predicted molar refractivity (Wildman–Crippen MR) is 93.9 cm³/mol. The first kappa shape index (κ1) is 19.2. The van der Waals surface area contributed by atoms with Crippen LogP contribution >= 0.6 is 0 Å². The van der Waals surface area contributed by atoms with E-state index in [0.29, 0.717) is 5.92 Å². The van der Waals surface area contributed by atoms with E-state index in [2.05, 4.69) is 6.92 Å². The summed E-state index contributed by atoms with van der Waals surface area (Å²) in [6.07, 6.45) is 4.91. The molecule has 0 amide bonds. The molecule has 1 aromatic carbocycles. The molecule has 0 bridgehead atoms. The molecule has 1 fully saturated rings. The summed E-state index contributed by atoms with van der Waals surface area (Å²) in [6.45, 7) is 2.23. The molecule has 0 spiro atoms. The minimum atomic E-state index is -2.08. The van der Waals surface area contributed by atoms with Crippen molar-refractivity contribution in [3.8, 4) is 0 Å². The van der Waals surface area contributed by atoms with Crippen molar-refractivity contribution in [3.05, 3.63) is 30.3 Å². The second kappa shape index (κ2) is 10.00. The molecular weight excluding hydrogens is 294 g/mol. The molecule has 0 saturated carbocycles. The van der Waals surface area contributed by atoms with Gasteiger partial charge < -0.3 is 19.3 Å². The van der Waals surface area contributed by atoms with Gasteiger partial charge in [-0.05, 0) is 36.9 Å². The number of rotatable bonds is 5. The van der Waals surface area contributed by atoms with Crippen LogP contribution in [0.2, 0.25) is 6.04 Å². The van der Waals surface area contributed by atoms with Crippen molar-refractivity contribution >= 4 is 14.2 Å². The van der Waals surface area contributed by atoms with Crippen molar-refractivity contribution in [1.29, 1.82) is 0 Å². The van der Waals surface area contributed by atoms with Gasteiger partial charge in [0.25, 0.3) is 0 Å². The van der Waals surface area contributed by atoms with Crippen LogP contribution < -0.4 is 5.73 Å². The molecule has 1 aromatic rings. The molecule has 22 heavy (non-hydrogen) atoms. The molecule has 0 radical (unpaired) electrons. The van der Waals surface area contributed by atoms with Crippen molar-refractivity contribution in [2.45, 2.75) is 44.4 Å². The van der Waals surface area contributed by atoms with Crippen LogP contribution in [0.3, 0.4) is 0 Å². The van der Waals surface area contributed by atoms with Gasteiger partial charge in [0.1, 0.15) is 5.73 Å². The highest BCUT2D eigenvalue weighted by atomic mass is 28.4. The number of hydrogen-bond acceptors (Lipinski definition) is 4. The smallest absolute Gasteiger partial charge is 0.367 e. The molecule has 2 unspecified atom stereocenters. The minimum Gasteiger partial charge on any atom is -0.399 e. The van der Waals surface area contributed by atoms with Gasteiger partial charge in [-0.2, -0.15) is 0 Å². The van der Waals surface area contributed by atoms with Gasteiger partial charge >= 0.3 is 8.56 Å². The molecule has 1 aliphatic heterocycles. The van der Waals surface area contributed by atoms with Gasteiger partial charge in [0.05, 0.1) is 0 Å². The maximum absolute atomic E-state index is 5.70. The Balaban J connectivity index is 0.000000287. The lowest BCUT2D eigenvalue weighted by molar-refractivity contribution is 0.0398. The summed E-state index contributed by atoms with van der Waals surface area (Å²) < 4.78 is 17.1. The molecule has 5 heteroatoms. The predicted octanol–water partition coefficient (Wildman–Crippen LogP) is 3.75. The summed E-state index contributed by atoms with van der Waals surface area (Å²) in [4.78, 5) is 0. The Morgan fingerprint density at radius 2 is 1.77 bits per heavy atom. The number of ether oxygens (including phenoxy) is 1. The normalized spacial score (nSPS) is 23.5. The fourth-order valence-electron chi connectivity index (χ4n) is 3.27. The van der Waals surface area contributed by atoms with Crippen LogP contribution in [0, 0.1) is 5.92 Å². The summed E-state index contributed by atoms with van der Waals surface area (Å²) in [5, 5.41) is 0. The average Bonchev–Trinajstić information content (AvgIpc) is 2.56. The minimum absolute atomic E-state index is 0.209. The van der Waals surface area contributed by atoms with E-state index in [1.807, 2.05) is 30.3 Å². The second-order valence-corrected chi connectivity index (χ2v) is 9.24. The van der Waals surface area contributed by atoms with Gasteiger partial charge in [0.2, 0.25) is 0 Å². The third kappa shape index (κ3) is 5.09. The molecule has 1 aliphatic rings. The number of para-hydroxylation sites is 1. The first-order valence-corrected chi connectivity index (χ1v) is 10.2. The number of hydrogen-bond donors (Lipinski definition) is 1. The third-order valence-electron chi connectivity index (χ3n) is 4.37. The highest BCUT2D eigenvalue weighted by Gasteiger charge is 2.50. The Labute approximate surface area is 136 Å². The van der Waals surface area contributed by atoms with E-state index in [1.165, 1.54) is 25.7 Å². The van der Waals surface area contributed by atoms with Crippen molar-refractivity contribution < 1.29 is 13.6 Å². The van der Waals surface area contributed by atoms with Crippen LogP contribution in [0.15, 0.2) is 30.3 Å². The van der Waals surface area contributed by atoms with E-state index in [1.54, 1.807) is 21.3 Å². The maximum Gasteiger partial charge on any atom is 0.367 e. The topological polar surface area (TPSA) is 53.7 Å². The number of nitrogens with two attached hydrogens (primary N) is 1. The largest absolute Gasteiger partial charge is 0.399 e. The molecule has 2 rings (SSSR count). The van der Waals surface area contributed by atoms with E-state index in [9.17, 15) is 0 Å². The van der Waals surface area contributed by atoms with E-state index < -0.39 is 8.56 Å². The fraction of sp³-hybridized carbons (Fsp3) is 0.647. The first-order chi connectivity index (χ1) is 10.6. The summed E-state index contributed by atoms with van der Waals surface area (Å²) in [7, 11) is 3.26. The average molecular weight is 326 g/mol. The van der Waals surface area contributed by atoms with Crippen LogP contribution in [-0.4, -0.2) is 35.6 Å². The van der Waals surface area contributed by atoms with Gasteiger partial charge in [-0.15, -0.1) is 0 Å². The Morgan fingerprint density at radius 1 is 1.14 bits per heavy atom. The molecule has 0 aliphatic carbocycles. The van der Waals surface area contributed by atoms with Crippen LogP contribution in [0.4, 0.5) is 5.69 Å². The second-order valence-electron chi connectivity index (χ2n) is 5.73. The number of benzene rings is 1. The molecule has 1 heterocycles. The standard InChI is InChI=1S/C11H24O3Si.C6H7N/c1-5-7-10-8-6-9-15(13-3,14-4)11(10)12-2;7-6-4-2-1-3-5-6/h10-11H,5-9H2,1-4H3;1-5H,7H2. The van der Waals surface area contributed by atoms with E-state index in [0.717, 1.165) is 11.7 Å². The van der Waals surface area contributed by atoms with Crippen LogP contribution in [0.25, 0.3) is 0 Å². The number of nitrogen functional groups attached to an aromatic ring is 1. The number of methoxy groups -OCH3 is 1. The summed E-state index contributed by atoms with van der Waals surface area (Å²) >= 11 is 0. The Morgan fingerprint density at radius 3 is 2.18 bits per heavy atom. The van der Waals surface area contributed by atoms with Crippen LogP contribution in [0.1, 0.15) is 32.6 Å². The summed E-state index contributed by atoms with van der Waals surface area (Å²) in [5.41, 5.74) is 6.39. The SMILES string of the molecule is CCCC1CCC[Si](OC)(OC)C1OC.Nc1ccccc1. The lowest BCUT2D eigenvalue weighted by Gasteiger charge is -2.42. The fourth-order valence-corrected chi connectivity index (χ4v) is 6.71. The van der Waals surface area contributed by atoms with Crippen molar-refractivity contribution in [1.82, 2.24) is 0 Å². The third-order valence-corrected chi connectivity index (χ3v) is 8.37. The molecule has 126 valence electrons. The van der Waals surface area contributed by atoms with Gasteiger partial charge in [-0.25, -0.2) is 0 Å². The zero-order chi connectivity index (χ0) is 16.4. The summed E-state index contributed by atoms with van der Waals surface area (Å²) in [6, 6.07) is 10.6. The lowest BCUT2D eigenvalue weighted by atomic mass is 9.98. The van der Waals surface area contributed by atoms with E-state index >= 15 is 0 Å². The van der Waals surface area contributed by atoms with E-state index in [-0.39, 0.29) is 5.73 Å². The highest BCUT2D eigenvalue weighted by Crippen LogP contribution is 2.37. The zero-order valence-electron chi connectivity index (χ0n) is 14.4. The Hall–Kier alpha value is -0.883. The van der Waals surface area contributed by atoms with E-state index in [4.69, 9.17) is 19.3 Å². The quantitative estimate of drug-likeness (QED) is 0.661. The Kier molecular flexibility index (Phi) is 8.71. The van der Waals surface area contributed by atoms with Crippen LogP contribution in [0.5, 0.6) is 0 Å².